The highest BCUT2D eigenvalue weighted by atomic mass is 32.2. The molecule has 1 aromatic heterocycles. The second-order valence-corrected chi connectivity index (χ2v) is 20.1. The van der Waals surface area contributed by atoms with Crippen LogP contribution < -0.4 is 14.2 Å². The van der Waals surface area contributed by atoms with E-state index >= 15 is 8.78 Å². The summed E-state index contributed by atoms with van der Waals surface area (Å²) in [7, 11) is -1.58. The highest BCUT2D eigenvalue weighted by molar-refractivity contribution is 7.90. The number of nitrogens with one attached hydrogen (secondary N) is 1. The number of unbranched alkanes of at least 4 members (excludes halogenated alkanes) is 1. The molecular weight excluding hydrogens is 813 g/mol. The molecular formula is C42H56F4N4O9S. The van der Waals surface area contributed by atoms with Crippen molar-refractivity contribution in [3.05, 3.63) is 23.9 Å². The molecule has 2 amide bonds. The predicted octanol–water partition coefficient (Wildman–Crippen LogP) is 6.75. The van der Waals surface area contributed by atoms with E-state index in [4.69, 9.17) is 14.2 Å². The van der Waals surface area contributed by atoms with Gasteiger partial charge in [-0.3, -0.25) is 23.9 Å². The number of benzene rings is 1. The molecule has 1 aromatic carbocycles. The second kappa shape index (κ2) is 17.3. The number of ketones is 1. The fraction of sp³-hybridized carbons (Fsp3) is 0.714. The first-order chi connectivity index (χ1) is 28.1. The Morgan fingerprint density at radius 2 is 1.72 bits per heavy atom. The van der Waals surface area contributed by atoms with Gasteiger partial charge in [0, 0.05) is 30.7 Å². The maximum Gasteiger partial charge on any atom is 0.306 e. The third-order valence-corrected chi connectivity index (χ3v) is 14.5. The number of ether oxygens (including phenoxy) is 3. The lowest BCUT2D eigenvalue weighted by Gasteiger charge is -2.35. The lowest BCUT2D eigenvalue weighted by atomic mass is 9.77. The molecule has 1 aliphatic heterocycles. The van der Waals surface area contributed by atoms with E-state index in [1.165, 1.54) is 24.1 Å². The summed E-state index contributed by atoms with van der Waals surface area (Å²) >= 11 is 0. The Bertz CT molecular complexity index is 2070. The van der Waals surface area contributed by atoms with Gasteiger partial charge in [-0.05, 0) is 55.6 Å². The van der Waals surface area contributed by atoms with Crippen LogP contribution in [-0.4, -0.2) is 91.4 Å². The standard InChI is InChI=1S/C42H56F4N4O9S/c1-7-26-32(59-37-35(42(45,46)17-9-8-10-23-11-12-23)47-29-16-13-24(57-5)18-30(29)48-37)22-50(38(53)27(40(2,3)4)19-33(52)58-6)34(26)31(51)21-41(20-28(41)36(43)44)39(54)49-60(55,56)25-14-15-25/h13,16,18,23,25-28,32,34,36H,7-12,14-15,17,19-22H2,1-6H3,(H,49,54)/t26-,27-,28+,32+,34+,41?/m1/s1. The van der Waals surface area contributed by atoms with E-state index < -0.39 is 123 Å². The summed E-state index contributed by atoms with van der Waals surface area (Å²) in [5, 5.41) is -0.841. The summed E-state index contributed by atoms with van der Waals surface area (Å²) in [5.41, 5.74) is -3.35. The lowest BCUT2D eigenvalue weighted by molar-refractivity contribution is -0.152. The Kier molecular flexibility index (Phi) is 13.1. The molecule has 3 saturated carbocycles. The summed E-state index contributed by atoms with van der Waals surface area (Å²) in [5.74, 6) is -10.2. The Balaban J connectivity index is 1.38. The first-order valence-electron chi connectivity index (χ1n) is 20.8. The third-order valence-electron chi connectivity index (χ3n) is 12.7. The number of methoxy groups -OCH3 is 2. The van der Waals surface area contributed by atoms with Crippen molar-refractivity contribution in [3.8, 4) is 11.6 Å². The molecule has 18 heteroatoms. The average molecular weight is 869 g/mol. The maximum absolute atomic E-state index is 16.3. The smallest absolute Gasteiger partial charge is 0.306 e. The number of nitrogens with zero attached hydrogens (tertiary/aromatic N) is 3. The molecule has 332 valence electrons. The van der Waals surface area contributed by atoms with Gasteiger partial charge in [0.2, 0.25) is 34.1 Å². The summed E-state index contributed by atoms with van der Waals surface area (Å²) in [6, 6.07) is 3.12. The van der Waals surface area contributed by atoms with Crippen molar-refractivity contribution in [2.75, 3.05) is 20.8 Å². The zero-order valence-electron chi connectivity index (χ0n) is 35.0. The minimum Gasteiger partial charge on any atom is -0.497 e. The van der Waals surface area contributed by atoms with Crippen LogP contribution in [0, 0.1) is 34.5 Å². The molecule has 0 radical (unpaired) electrons. The van der Waals surface area contributed by atoms with Crippen LogP contribution in [-0.2, 0) is 39.9 Å². The molecule has 2 heterocycles. The molecule has 6 atom stereocenters. The number of fused-ring (bicyclic) bond motifs is 1. The lowest BCUT2D eigenvalue weighted by Crippen LogP contribution is -2.50. The Labute approximate surface area is 348 Å². The average Bonchev–Trinajstić information content (AvgIpc) is 4.06. The number of carbonyl (C=O) groups excluding carboxylic acids is 4. The number of esters is 1. The number of likely N-dealkylation sites (tertiary alicyclic amines) is 1. The first-order valence-corrected chi connectivity index (χ1v) is 22.3. The molecule has 4 fully saturated rings. The van der Waals surface area contributed by atoms with Gasteiger partial charge in [0.05, 0.1) is 60.8 Å². The van der Waals surface area contributed by atoms with Crippen LogP contribution in [0.4, 0.5) is 17.6 Å². The van der Waals surface area contributed by atoms with Gasteiger partial charge in [-0.2, -0.15) is 8.78 Å². The van der Waals surface area contributed by atoms with Crippen LogP contribution in [0.25, 0.3) is 11.0 Å². The number of halogens is 4. The topological polar surface area (TPSA) is 171 Å². The number of carbonyl (C=O) groups is 4. The zero-order valence-corrected chi connectivity index (χ0v) is 35.8. The van der Waals surface area contributed by atoms with Gasteiger partial charge >= 0.3 is 5.97 Å². The van der Waals surface area contributed by atoms with E-state index in [9.17, 15) is 36.4 Å². The van der Waals surface area contributed by atoms with Crippen molar-refractivity contribution in [1.29, 1.82) is 0 Å². The number of aromatic nitrogens is 2. The zero-order chi connectivity index (χ0) is 43.9. The van der Waals surface area contributed by atoms with Gasteiger partial charge in [0.15, 0.2) is 11.5 Å². The number of hydrogen-bond acceptors (Lipinski definition) is 11. The van der Waals surface area contributed by atoms with Gasteiger partial charge in [0.25, 0.3) is 5.92 Å². The van der Waals surface area contributed by atoms with E-state index in [0.29, 0.717) is 30.9 Å². The van der Waals surface area contributed by atoms with Crippen LogP contribution in [0.5, 0.6) is 11.6 Å². The Hall–Kier alpha value is -4.09. The van der Waals surface area contributed by atoms with E-state index in [-0.39, 0.29) is 36.8 Å². The molecule has 3 aliphatic carbocycles. The van der Waals surface area contributed by atoms with Gasteiger partial charge in [-0.25, -0.2) is 27.2 Å². The van der Waals surface area contributed by atoms with E-state index in [2.05, 4.69) is 9.97 Å². The summed E-state index contributed by atoms with van der Waals surface area (Å²) in [4.78, 5) is 65.7. The minimum absolute atomic E-state index is 0.108. The molecule has 1 N–H and O–H groups in total. The van der Waals surface area contributed by atoms with Crippen molar-refractivity contribution in [1.82, 2.24) is 19.6 Å². The Morgan fingerprint density at radius 3 is 2.28 bits per heavy atom. The fourth-order valence-corrected chi connectivity index (χ4v) is 9.96. The monoisotopic (exact) mass is 868 g/mol. The van der Waals surface area contributed by atoms with E-state index in [1.54, 1.807) is 33.8 Å². The minimum atomic E-state index is -4.17. The number of amides is 2. The normalized spacial score (nSPS) is 24.9. The van der Waals surface area contributed by atoms with Crippen molar-refractivity contribution >= 4 is 44.6 Å². The van der Waals surface area contributed by atoms with Crippen LogP contribution in [0.15, 0.2) is 18.2 Å². The molecule has 0 spiro atoms. The molecule has 1 unspecified atom stereocenters. The molecule has 0 bridgehead atoms. The van der Waals surface area contributed by atoms with Crippen molar-refractivity contribution in [2.24, 2.45) is 34.5 Å². The number of alkyl halides is 4. The predicted molar refractivity (Wildman–Crippen MR) is 211 cm³/mol. The Morgan fingerprint density at radius 1 is 1.02 bits per heavy atom. The van der Waals surface area contributed by atoms with Crippen LogP contribution in [0.1, 0.15) is 110 Å². The van der Waals surface area contributed by atoms with E-state index in [0.717, 1.165) is 26.4 Å². The van der Waals surface area contributed by atoms with Crippen molar-refractivity contribution in [2.45, 2.75) is 134 Å². The fourth-order valence-electron chi connectivity index (χ4n) is 8.57. The molecule has 4 aliphatic rings. The molecule has 6 rings (SSSR count). The van der Waals surface area contributed by atoms with Gasteiger partial charge in [0.1, 0.15) is 11.9 Å². The summed E-state index contributed by atoms with van der Waals surface area (Å²) < 4.78 is 105. The SMILES string of the molecule is CC[C@@H]1[C@@H](Oc2nc3cc(OC)ccc3nc2C(F)(F)CCCCC2CC2)CN(C(=O)[C@@H](CC(=O)OC)C(C)(C)C)[C@@H]1C(=O)CC1(C(=O)NS(=O)(=O)C2CC2)C[C@H]1C(F)F. The highest BCUT2D eigenvalue weighted by Crippen LogP contribution is 2.59. The van der Waals surface area contributed by atoms with Crippen LogP contribution in [0.2, 0.25) is 0 Å². The summed E-state index contributed by atoms with van der Waals surface area (Å²) in [6.07, 6.45) is -1.88. The number of sulfonamides is 1. The van der Waals surface area contributed by atoms with Crippen molar-refractivity contribution < 1.29 is 59.4 Å². The van der Waals surface area contributed by atoms with E-state index in [1.807, 2.05) is 4.72 Å². The first kappa shape index (κ1) is 45.4. The number of hydrogen-bond donors (Lipinski definition) is 1. The second-order valence-electron chi connectivity index (χ2n) is 18.1. The number of Topliss-reactive ketones (excluding diaryl/α,β-unsaturated/α-hetero) is 1. The van der Waals surface area contributed by atoms with Gasteiger partial charge < -0.3 is 19.1 Å². The maximum atomic E-state index is 16.3. The molecule has 1 saturated heterocycles. The van der Waals surface area contributed by atoms with Crippen molar-refractivity contribution in [3.63, 3.8) is 0 Å². The molecule has 2 aromatic rings. The third kappa shape index (κ3) is 9.83. The highest BCUT2D eigenvalue weighted by Gasteiger charge is 2.66. The van der Waals surface area contributed by atoms with Crippen LogP contribution >= 0.6 is 0 Å². The van der Waals surface area contributed by atoms with Gasteiger partial charge in [-0.15, -0.1) is 0 Å². The quantitative estimate of drug-likeness (QED) is 0.0849. The number of rotatable bonds is 20. The van der Waals surface area contributed by atoms with Crippen LogP contribution in [0.3, 0.4) is 0 Å². The van der Waals surface area contributed by atoms with Gasteiger partial charge in [-0.1, -0.05) is 53.4 Å². The summed E-state index contributed by atoms with van der Waals surface area (Å²) in [6.45, 7) is 6.46. The largest absolute Gasteiger partial charge is 0.497 e. The molecule has 60 heavy (non-hydrogen) atoms. The molecule has 13 nitrogen and oxygen atoms in total.